The number of hydrogen-bond donors (Lipinski definition) is 2. The maximum Gasteiger partial charge on any atom is 0.237 e. The number of nitrogens with zero attached hydrogens (tertiary/aromatic N) is 3. The van der Waals surface area contributed by atoms with Crippen LogP contribution >= 0.6 is 11.8 Å². The molecule has 2 atom stereocenters. The van der Waals surface area contributed by atoms with Crippen molar-refractivity contribution in [3.8, 4) is 0 Å². The van der Waals surface area contributed by atoms with Crippen molar-refractivity contribution in [3.63, 3.8) is 0 Å². The fourth-order valence-electron chi connectivity index (χ4n) is 4.65. The van der Waals surface area contributed by atoms with Crippen LogP contribution in [0.5, 0.6) is 0 Å². The highest BCUT2D eigenvalue weighted by atomic mass is 32.2. The van der Waals surface area contributed by atoms with E-state index in [1.165, 1.54) is 11.8 Å². The fourth-order valence-corrected chi connectivity index (χ4v) is 5.38. The SMILES string of the molecule is Cc1nc(SCC(=O)N2CCC3(C(=O)Nc4ccccc43)C2c2ccccc2)n[nH]1. The molecule has 2 amide bonds. The van der Waals surface area contributed by atoms with Crippen LogP contribution in [0.4, 0.5) is 5.69 Å². The van der Waals surface area contributed by atoms with Gasteiger partial charge in [-0.3, -0.25) is 14.7 Å². The summed E-state index contributed by atoms with van der Waals surface area (Å²) in [5, 5.41) is 10.5. The molecule has 1 saturated heterocycles. The quantitative estimate of drug-likeness (QED) is 0.634. The summed E-state index contributed by atoms with van der Waals surface area (Å²) in [6, 6.07) is 17.3. The number of para-hydroxylation sites is 1. The van der Waals surface area contributed by atoms with Gasteiger partial charge in [-0.25, -0.2) is 4.98 Å². The minimum absolute atomic E-state index is 0.0228. The van der Waals surface area contributed by atoms with E-state index in [9.17, 15) is 9.59 Å². The Balaban J connectivity index is 1.51. The molecular weight excluding hydrogens is 398 g/mol. The van der Waals surface area contributed by atoms with Gasteiger partial charge in [0.05, 0.1) is 11.8 Å². The van der Waals surface area contributed by atoms with E-state index in [1.807, 2.05) is 66.4 Å². The van der Waals surface area contributed by atoms with Crippen molar-refractivity contribution in [2.24, 2.45) is 0 Å². The molecule has 2 aliphatic rings. The zero-order valence-electron chi connectivity index (χ0n) is 16.5. The summed E-state index contributed by atoms with van der Waals surface area (Å²) in [5.41, 5.74) is 1.99. The average molecular weight is 420 g/mol. The smallest absolute Gasteiger partial charge is 0.237 e. The molecule has 8 heteroatoms. The van der Waals surface area contributed by atoms with Crippen molar-refractivity contribution in [2.75, 3.05) is 17.6 Å². The minimum atomic E-state index is -0.778. The second kappa shape index (κ2) is 7.28. The third kappa shape index (κ3) is 2.90. The van der Waals surface area contributed by atoms with Crippen molar-refractivity contribution in [3.05, 3.63) is 71.5 Å². The monoisotopic (exact) mass is 419 g/mol. The van der Waals surface area contributed by atoms with Crippen LogP contribution in [0.3, 0.4) is 0 Å². The van der Waals surface area contributed by atoms with E-state index in [-0.39, 0.29) is 23.6 Å². The van der Waals surface area contributed by atoms with Crippen LogP contribution in [0, 0.1) is 6.92 Å². The molecule has 1 aromatic heterocycles. The number of H-pyrrole nitrogens is 1. The lowest BCUT2D eigenvalue weighted by Gasteiger charge is -2.34. The van der Waals surface area contributed by atoms with Crippen molar-refractivity contribution in [2.45, 2.75) is 30.0 Å². The number of aromatic nitrogens is 3. The van der Waals surface area contributed by atoms with Gasteiger partial charge in [-0.1, -0.05) is 60.3 Å². The summed E-state index contributed by atoms with van der Waals surface area (Å²) >= 11 is 1.31. The Hall–Kier alpha value is -3.13. The zero-order chi connectivity index (χ0) is 20.7. The Morgan fingerprint density at radius 2 is 1.97 bits per heavy atom. The first-order valence-electron chi connectivity index (χ1n) is 9.87. The van der Waals surface area contributed by atoms with Gasteiger partial charge < -0.3 is 10.2 Å². The van der Waals surface area contributed by atoms with Gasteiger partial charge in [-0.05, 0) is 30.5 Å². The Morgan fingerprint density at radius 3 is 2.73 bits per heavy atom. The average Bonchev–Trinajstić information content (AvgIpc) is 3.44. The number of thioether (sulfide) groups is 1. The molecule has 0 bridgehead atoms. The summed E-state index contributed by atoms with van der Waals surface area (Å²) in [6.07, 6.45) is 0.589. The molecule has 0 saturated carbocycles. The molecule has 152 valence electrons. The largest absolute Gasteiger partial charge is 0.333 e. The second-order valence-corrected chi connectivity index (χ2v) is 8.56. The molecule has 2 N–H and O–H groups in total. The summed E-state index contributed by atoms with van der Waals surface area (Å²) in [7, 11) is 0. The Morgan fingerprint density at radius 1 is 1.20 bits per heavy atom. The highest BCUT2D eigenvalue weighted by molar-refractivity contribution is 7.99. The first kappa shape index (κ1) is 18.9. The number of anilines is 1. The Kier molecular flexibility index (Phi) is 4.58. The molecule has 3 heterocycles. The first-order chi connectivity index (χ1) is 14.6. The number of rotatable bonds is 4. The van der Waals surface area contributed by atoms with E-state index in [4.69, 9.17) is 0 Å². The number of aromatic amines is 1. The second-order valence-electron chi connectivity index (χ2n) is 7.61. The van der Waals surface area contributed by atoms with Crippen LogP contribution in [-0.2, 0) is 15.0 Å². The zero-order valence-corrected chi connectivity index (χ0v) is 17.3. The third-order valence-corrected chi connectivity index (χ3v) is 6.76. The normalized spacial score (nSPS) is 22.4. The lowest BCUT2D eigenvalue weighted by Crippen LogP contribution is -2.43. The highest BCUT2D eigenvalue weighted by Gasteiger charge is 2.59. The maximum absolute atomic E-state index is 13.3. The number of fused-ring (bicyclic) bond motifs is 2. The van der Waals surface area contributed by atoms with E-state index in [2.05, 4.69) is 20.5 Å². The van der Waals surface area contributed by atoms with Crippen molar-refractivity contribution in [1.29, 1.82) is 0 Å². The van der Waals surface area contributed by atoms with E-state index < -0.39 is 5.41 Å². The molecule has 2 aromatic carbocycles. The standard InChI is InChI=1S/C22H21N5O2S/c1-14-23-21(26-25-14)30-13-18(28)27-12-11-22(19(27)15-7-3-2-4-8-15)16-9-5-6-10-17(16)24-20(22)29/h2-10,19H,11-13H2,1H3,(H,24,29)(H,23,25,26). The summed E-state index contributed by atoms with van der Waals surface area (Å²) in [4.78, 5) is 32.7. The van der Waals surface area contributed by atoms with Crippen LogP contribution in [-0.4, -0.2) is 44.2 Å². The van der Waals surface area contributed by atoms with Gasteiger partial charge in [0.25, 0.3) is 0 Å². The predicted molar refractivity (Wildman–Crippen MR) is 114 cm³/mol. The lowest BCUT2D eigenvalue weighted by molar-refractivity contribution is -0.130. The molecule has 1 spiro atoms. The number of hydrogen-bond acceptors (Lipinski definition) is 5. The Bertz CT molecular complexity index is 1120. The van der Waals surface area contributed by atoms with E-state index in [0.717, 1.165) is 16.8 Å². The minimum Gasteiger partial charge on any atom is -0.333 e. The molecule has 2 unspecified atom stereocenters. The van der Waals surface area contributed by atoms with Crippen LogP contribution in [0.1, 0.15) is 29.4 Å². The van der Waals surface area contributed by atoms with Crippen molar-refractivity contribution < 1.29 is 9.59 Å². The molecule has 5 rings (SSSR count). The van der Waals surface area contributed by atoms with Gasteiger partial charge >= 0.3 is 0 Å². The number of benzene rings is 2. The van der Waals surface area contributed by atoms with Crippen LogP contribution < -0.4 is 5.32 Å². The lowest BCUT2D eigenvalue weighted by atomic mass is 9.72. The van der Waals surface area contributed by atoms with Gasteiger partial charge in [0.2, 0.25) is 17.0 Å². The molecule has 2 aliphatic heterocycles. The predicted octanol–water partition coefficient (Wildman–Crippen LogP) is 3.07. The van der Waals surface area contributed by atoms with Crippen LogP contribution in [0.15, 0.2) is 59.8 Å². The number of carbonyl (C=O) groups is 2. The first-order valence-corrected chi connectivity index (χ1v) is 10.9. The van der Waals surface area contributed by atoms with Crippen LogP contribution in [0.2, 0.25) is 0 Å². The number of nitrogens with one attached hydrogen (secondary N) is 2. The van der Waals surface area contributed by atoms with Gasteiger partial charge in [-0.15, -0.1) is 5.10 Å². The third-order valence-electron chi connectivity index (χ3n) is 5.92. The van der Waals surface area contributed by atoms with Gasteiger partial charge in [-0.2, -0.15) is 0 Å². The Labute approximate surface area is 178 Å². The van der Waals surface area contributed by atoms with E-state index >= 15 is 0 Å². The molecule has 30 heavy (non-hydrogen) atoms. The molecule has 0 aliphatic carbocycles. The topological polar surface area (TPSA) is 91.0 Å². The maximum atomic E-state index is 13.3. The highest BCUT2D eigenvalue weighted by Crippen LogP contribution is 2.54. The number of aryl methyl sites for hydroxylation is 1. The molecule has 1 fully saturated rings. The molecule has 3 aromatic rings. The molecule has 0 radical (unpaired) electrons. The van der Waals surface area contributed by atoms with E-state index in [0.29, 0.717) is 23.9 Å². The summed E-state index contributed by atoms with van der Waals surface area (Å²) < 4.78 is 0. The molecule has 7 nitrogen and oxygen atoms in total. The number of carbonyl (C=O) groups excluding carboxylic acids is 2. The summed E-state index contributed by atoms with van der Waals surface area (Å²) in [5.74, 6) is 0.877. The van der Waals surface area contributed by atoms with Crippen molar-refractivity contribution in [1.82, 2.24) is 20.1 Å². The van der Waals surface area contributed by atoms with Gasteiger partial charge in [0.1, 0.15) is 11.2 Å². The van der Waals surface area contributed by atoms with Crippen LogP contribution in [0.25, 0.3) is 0 Å². The van der Waals surface area contributed by atoms with Crippen molar-refractivity contribution >= 4 is 29.3 Å². The molecular formula is C22H21N5O2S. The van der Waals surface area contributed by atoms with Gasteiger partial charge in [0, 0.05) is 12.2 Å². The van der Waals surface area contributed by atoms with Gasteiger partial charge in [0.15, 0.2) is 0 Å². The number of likely N-dealkylation sites (tertiary alicyclic amines) is 1. The summed E-state index contributed by atoms with van der Waals surface area (Å²) in [6.45, 7) is 2.35. The number of amides is 2. The van der Waals surface area contributed by atoms with E-state index in [1.54, 1.807) is 0 Å². The fraction of sp³-hybridized carbons (Fsp3) is 0.273.